The van der Waals surface area contributed by atoms with Gasteiger partial charge in [-0.2, -0.15) is 0 Å². The van der Waals surface area contributed by atoms with Gasteiger partial charge in [-0.15, -0.1) is 0 Å². The minimum Gasteiger partial charge on any atom is -0.345 e. The van der Waals surface area contributed by atoms with Gasteiger partial charge in [0.1, 0.15) is 0 Å². The molecule has 1 N–H and O–H groups in total. The third-order valence-corrected chi connectivity index (χ3v) is 5.62. The molecule has 4 heteroatoms. The molecule has 3 rings (SSSR count). The van der Waals surface area contributed by atoms with Crippen molar-refractivity contribution >= 4 is 11.8 Å². The first-order valence-corrected chi connectivity index (χ1v) is 10.5. The summed E-state index contributed by atoms with van der Waals surface area (Å²) in [5.74, 6) is 0.177. The Hall–Kier alpha value is -2.62. The third kappa shape index (κ3) is 5.26. The van der Waals surface area contributed by atoms with Crippen LogP contribution in [0, 0.1) is 18.3 Å². The van der Waals surface area contributed by atoms with Gasteiger partial charge in [-0.25, -0.2) is 0 Å². The van der Waals surface area contributed by atoms with E-state index in [1.165, 1.54) is 5.56 Å². The van der Waals surface area contributed by atoms with E-state index in [0.29, 0.717) is 25.9 Å². The molecule has 154 valence electrons. The highest BCUT2D eigenvalue weighted by Gasteiger charge is 2.33. The first kappa shape index (κ1) is 21.1. The molecule has 1 atom stereocenters. The van der Waals surface area contributed by atoms with E-state index in [0.717, 1.165) is 11.1 Å². The molecular weight excluding hydrogens is 360 g/mol. The molecule has 2 amide bonds. The normalized spacial score (nSPS) is 16.3. The Labute approximate surface area is 174 Å². The summed E-state index contributed by atoms with van der Waals surface area (Å²) in [6.45, 7) is 9.19. The van der Waals surface area contributed by atoms with E-state index in [4.69, 9.17) is 0 Å². The van der Waals surface area contributed by atoms with Crippen LogP contribution in [0.5, 0.6) is 0 Å². The van der Waals surface area contributed by atoms with Crippen molar-refractivity contribution in [2.45, 2.75) is 46.6 Å². The van der Waals surface area contributed by atoms with Gasteiger partial charge in [-0.05, 0) is 30.9 Å². The van der Waals surface area contributed by atoms with Crippen LogP contribution in [0.1, 0.15) is 56.3 Å². The maximum atomic E-state index is 13.1. The van der Waals surface area contributed by atoms with E-state index in [1.807, 2.05) is 43.9 Å². The van der Waals surface area contributed by atoms with Crippen molar-refractivity contribution in [3.63, 3.8) is 0 Å². The second-order valence-electron chi connectivity index (χ2n) is 9.08. The van der Waals surface area contributed by atoms with E-state index in [9.17, 15) is 9.59 Å². The quantitative estimate of drug-likeness (QED) is 0.834. The highest BCUT2D eigenvalue weighted by molar-refractivity contribution is 5.83. The van der Waals surface area contributed by atoms with Crippen LogP contribution in [0.2, 0.25) is 0 Å². The maximum Gasteiger partial charge on any atom is 0.227 e. The van der Waals surface area contributed by atoms with Gasteiger partial charge >= 0.3 is 0 Å². The lowest BCUT2D eigenvalue weighted by Gasteiger charge is -2.35. The molecule has 1 fully saturated rings. The summed E-state index contributed by atoms with van der Waals surface area (Å²) in [4.78, 5) is 27.5. The summed E-state index contributed by atoms with van der Waals surface area (Å²) in [5, 5.41) is 3.27. The number of hydrogen-bond acceptors (Lipinski definition) is 2. The second kappa shape index (κ2) is 8.81. The zero-order valence-electron chi connectivity index (χ0n) is 17.9. The molecule has 0 saturated carbocycles. The number of nitrogens with zero attached hydrogens (tertiary/aromatic N) is 1. The fourth-order valence-corrected chi connectivity index (χ4v) is 3.84. The van der Waals surface area contributed by atoms with Gasteiger partial charge in [0.25, 0.3) is 0 Å². The van der Waals surface area contributed by atoms with E-state index in [2.05, 4.69) is 48.6 Å². The van der Waals surface area contributed by atoms with E-state index in [-0.39, 0.29) is 29.2 Å². The summed E-state index contributed by atoms with van der Waals surface area (Å²) in [5.41, 5.74) is 2.97. The van der Waals surface area contributed by atoms with Gasteiger partial charge in [0.05, 0.1) is 6.04 Å². The van der Waals surface area contributed by atoms with Gasteiger partial charge < -0.3 is 10.2 Å². The lowest BCUT2D eigenvalue weighted by Crippen LogP contribution is -2.47. The van der Waals surface area contributed by atoms with Crippen molar-refractivity contribution in [2.24, 2.45) is 11.3 Å². The van der Waals surface area contributed by atoms with Crippen LogP contribution in [0.25, 0.3) is 0 Å². The van der Waals surface area contributed by atoms with Gasteiger partial charge in [0, 0.05) is 24.4 Å². The van der Waals surface area contributed by atoms with E-state index in [1.54, 1.807) is 0 Å². The van der Waals surface area contributed by atoms with E-state index >= 15 is 0 Å². The first-order valence-electron chi connectivity index (χ1n) is 10.5. The maximum absolute atomic E-state index is 13.1. The number of carbonyl (C=O) groups is 2. The van der Waals surface area contributed by atoms with Crippen molar-refractivity contribution in [1.82, 2.24) is 10.2 Å². The summed E-state index contributed by atoms with van der Waals surface area (Å²) in [6.07, 6.45) is 1.42. The highest BCUT2D eigenvalue weighted by atomic mass is 16.2. The standard InChI is InChI=1S/C25H32N2O2/c1-18-10-12-20(13-11-18)22(19-8-6-5-7-9-19)26-23(28)21-14-16-27(17-15-21)24(29)25(2,3)4/h5-13,21-22H,14-17H2,1-4H3,(H,26,28). The van der Waals surface area contributed by atoms with Crippen molar-refractivity contribution in [3.05, 3.63) is 71.3 Å². The molecule has 0 bridgehead atoms. The SMILES string of the molecule is Cc1ccc(C(NC(=O)C2CCN(C(=O)C(C)(C)C)CC2)c2ccccc2)cc1. The molecule has 4 nitrogen and oxygen atoms in total. The molecule has 0 radical (unpaired) electrons. The number of nitrogens with one attached hydrogen (secondary N) is 1. The van der Waals surface area contributed by atoms with Gasteiger partial charge in [0.2, 0.25) is 11.8 Å². The Kier molecular flexibility index (Phi) is 6.41. The van der Waals surface area contributed by atoms with Crippen LogP contribution in [0.3, 0.4) is 0 Å². The zero-order chi connectivity index (χ0) is 21.0. The Bertz CT molecular complexity index is 829. The van der Waals surface area contributed by atoms with Crippen LogP contribution in [0.4, 0.5) is 0 Å². The van der Waals surface area contributed by atoms with Crippen molar-refractivity contribution in [1.29, 1.82) is 0 Å². The summed E-state index contributed by atoms with van der Waals surface area (Å²) in [7, 11) is 0. The number of likely N-dealkylation sites (tertiary alicyclic amines) is 1. The average Bonchev–Trinajstić information content (AvgIpc) is 2.72. The first-order chi connectivity index (χ1) is 13.8. The summed E-state index contributed by atoms with van der Waals surface area (Å²) in [6, 6.07) is 18.2. The van der Waals surface area contributed by atoms with Gasteiger partial charge in [0.15, 0.2) is 0 Å². The largest absolute Gasteiger partial charge is 0.345 e. The second-order valence-corrected chi connectivity index (χ2v) is 9.08. The molecule has 0 aliphatic carbocycles. The molecule has 1 aliphatic rings. The lowest BCUT2D eigenvalue weighted by molar-refractivity contribution is -0.142. The molecule has 1 aliphatic heterocycles. The molecule has 29 heavy (non-hydrogen) atoms. The Balaban J connectivity index is 1.70. The molecule has 1 heterocycles. The molecular formula is C25H32N2O2. The minimum atomic E-state index is -0.376. The minimum absolute atomic E-state index is 0.0596. The van der Waals surface area contributed by atoms with Gasteiger partial charge in [-0.1, -0.05) is 80.9 Å². The summed E-state index contributed by atoms with van der Waals surface area (Å²) >= 11 is 0. The Morgan fingerprint density at radius 1 is 0.931 bits per heavy atom. The van der Waals surface area contributed by atoms with Crippen LogP contribution < -0.4 is 5.32 Å². The number of amides is 2. The summed E-state index contributed by atoms with van der Waals surface area (Å²) < 4.78 is 0. The molecule has 0 spiro atoms. The number of hydrogen-bond donors (Lipinski definition) is 1. The van der Waals surface area contributed by atoms with Crippen LogP contribution in [0.15, 0.2) is 54.6 Å². The molecule has 2 aromatic rings. The predicted molar refractivity (Wildman–Crippen MR) is 116 cm³/mol. The topological polar surface area (TPSA) is 49.4 Å². The molecule has 0 aromatic heterocycles. The number of aryl methyl sites for hydroxylation is 1. The predicted octanol–water partition coefficient (Wildman–Crippen LogP) is 4.49. The monoisotopic (exact) mass is 392 g/mol. The van der Waals surface area contributed by atoms with Crippen molar-refractivity contribution in [3.8, 4) is 0 Å². The van der Waals surface area contributed by atoms with Crippen LogP contribution >= 0.6 is 0 Å². The van der Waals surface area contributed by atoms with Crippen molar-refractivity contribution in [2.75, 3.05) is 13.1 Å². The van der Waals surface area contributed by atoms with Crippen LogP contribution in [-0.4, -0.2) is 29.8 Å². The fourth-order valence-electron chi connectivity index (χ4n) is 3.84. The smallest absolute Gasteiger partial charge is 0.227 e. The van der Waals surface area contributed by atoms with Gasteiger partial charge in [-0.3, -0.25) is 9.59 Å². The molecule has 2 aromatic carbocycles. The average molecular weight is 393 g/mol. The zero-order valence-corrected chi connectivity index (χ0v) is 17.9. The highest BCUT2D eigenvalue weighted by Crippen LogP contribution is 2.26. The van der Waals surface area contributed by atoms with Crippen molar-refractivity contribution < 1.29 is 9.59 Å². The third-order valence-electron chi connectivity index (χ3n) is 5.62. The molecule has 1 unspecified atom stereocenters. The lowest BCUT2D eigenvalue weighted by atomic mass is 9.90. The van der Waals surface area contributed by atoms with Crippen LogP contribution in [-0.2, 0) is 9.59 Å². The van der Waals surface area contributed by atoms with E-state index < -0.39 is 0 Å². The number of carbonyl (C=O) groups excluding carboxylic acids is 2. The number of benzene rings is 2. The Morgan fingerprint density at radius 2 is 1.48 bits per heavy atom. The molecule has 1 saturated heterocycles. The number of rotatable bonds is 4. The number of piperidine rings is 1. The fraction of sp³-hybridized carbons (Fsp3) is 0.440. The Morgan fingerprint density at radius 3 is 2.03 bits per heavy atom.